The first-order valence-corrected chi connectivity index (χ1v) is 12.9. The average molecular weight is 455 g/mol. The molecule has 182 valence electrons. The van der Waals surface area contributed by atoms with E-state index in [1.165, 1.54) is 35.1 Å². The van der Waals surface area contributed by atoms with Gasteiger partial charge in [-0.25, -0.2) is 0 Å². The van der Waals surface area contributed by atoms with Gasteiger partial charge in [-0.15, -0.1) is 0 Å². The van der Waals surface area contributed by atoms with Crippen LogP contribution in [0.25, 0.3) is 0 Å². The van der Waals surface area contributed by atoms with Gasteiger partial charge in [-0.05, 0) is 35.1 Å². The van der Waals surface area contributed by atoms with E-state index in [1.54, 1.807) is 0 Å². The first-order valence-electron chi connectivity index (χ1n) is 12.9. The second kappa shape index (κ2) is 23.1. The Bertz CT molecular complexity index is 728. The van der Waals surface area contributed by atoms with Crippen LogP contribution in [0.2, 0.25) is 0 Å². The van der Waals surface area contributed by atoms with E-state index in [9.17, 15) is 0 Å². The van der Waals surface area contributed by atoms with Crippen LogP contribution in [0, 0.1) is 0 Å². The topological polar surface area (TPSA) is 0 Å². The molecule has 4 rings (SSSR count). The zero-order valence-electron chi connectivity index (χ0n) is 22.4. The highest BCUT2D eigenvalue weighted by atomic mass is 14.0. The molecule has 0 radical (unpaired) electrons. The standard InChI is InChI=1S/2C13H12.2C3H8.C2H6/c2*1-3-7-12(8-4-1)11-13-9-5-2-6-10-13;2*1-3-2;1-2/h2*1-10H,11H2;2*3H2,1-2H3;1-2H3. The molecule has 0 unspecified atom stereocenters. The molecule has 0 amide bonds. The number of rotatable bonds is 4. The fraction of sp³-hybridized carbons (Fsp3) is 0.294. The molecule has 0 atom stereocenters. The lowest BCUT2D eigenvalue weighted by Gasteiger charge is -2.00. The summed E-state index contributed by atoms with van der Waals surface area (Å²) in [7, 11) is 0. The summed E-state index contributed by atoms with van der Waals surface area (Å²) in [5.74, 6) is 0. The smallest absolute Gasteiger partial charge is 0.00258 e. The van der Waals surface area contributed by atoms with E-state index in [0.29, 0.717) is 0 Å². The predicted molar refractivity (Wildman–Crippen MR) is 155 cm³/mol. The maximum atomic E-state index is 2.16. The molecule has 0 aliphatic rings. The molecule has 0 heteroatoms. The van der Waals surface area contributed by atoms with E-state index in [0.717, 1.165) is 12.8 Å². The average Bonchev–Trinajstić information content (AvgIpc) is 2.89. The van der Waals surface area contributed by atoms with Crippen molar-refractivity contribution in [2.75, 3.05) is 0 Å². The monoisotopic (exact) mass is 454 g/mol. The van der Waals surface area contributed by atoms with Gasteiger partial charge in [-0.1, -0.05) is 176 Å². The van der Waals surface area contributed by atoms with Gasteiger partial charge < -0.3 is 0 Å². The largest absolute Gasteiger partial charge is 0.0683 e. The second-order valence-corrected chi connectivity index (χ2v) is 7.71. The van der Waals surface area contributed by atoms with Crippen molar-refractivity contribution in [3.8, 4) is 0 Å². The van der Waals surface area contributed by atoms with Gasteiger partial charge in [0.1, 0.15) is 0 Å². The van der Waals surface area contributed by atoms with Gasteiger partial charge in [0, 0.05) is 0 Å². The summed E-state index contributed by atoms with van der Waals surface area (Å²) in [5, 5.41) is 0. The maximum absolute atomic E-state index is 2.16. The summed E-state index contributed by atoms with van der Waals surface area (Å²) in [4.78, 5) is 0. The van der Waals surface area contributed by atoms with Crippen molar-refractivity contribution < 1.29 is 0 Å². The van der Waals surface area contributed by atoms with Gasteiger partial charge in [-0.2, -0.15) is 0 Å². The maximum Gasteiger partial charge on any atom is -0.00258 e. The Morgan fingerprint density at radius 3 is 0.618 bits per heavy atom. The van der Waals surface area contributed by atoms with Crippen molar-refractivity contribution in [3.05, 3.63) is 144 Å². The van der Waals surface area contributed by atoms with Crippen molar-refractivity contribution in [1.29, 1.82) is 0 Å². The molecule has 4 aromatic carbocycles. The third-order valence-electron chi connectivity index (χ3n) is 4.19. The molecule has 0 saturated heterocycles. The van der Waals surface area contributed by atoms with Crippen LogP contribution in [0.1, 0.15) is 76.6 Å². The summed E-state index contributed by atoms with van der Waals surface area (Å²) >= 11 is 0. The van der Waals surface area contributed by atoms with Gasteiger partial charge in [-0.3, -0.25) is 0 Å². The van der Waals surface area contributed by atoms with Crippen molar-refractivity contribution in [2.24, 2.45) is 0 Å². The Balaban J connectivity index is 0.000000493. The quantitative estimate of drug-likeness (QED) is 0.287. The second-order valence-electron chi connectivity index (χ2n) is 7.71. The molecule has 0 bridgehead atoms. The fourth-order valence-corrected chi connectivity index (χ4v) is 2.85. The third kappa shape index (κ3) is 16.5. The van der Waals surface area contributed by atoms with E-state index in [1.807, 2.05) is 13.8 Å². The number of benzene rings is 4. The minimum absolute atomic E-state index is 1.03. The molecule has 0 fully saturated rings. The highest BCUT2D eigenvalue weighted by molar-refractivity contribution is 5.26. The lowest BCUT2D eigenvalue weighted by atomic mass is 10.1. The summed E-state index contributed by atoms with van der Waals surface area (Å²) in [6.07, 6.45) is 4.56. The van der Waals surface area contributed by atoms with Gasteiger partial charge in [0.15, 0.2) is 0 Å². The zero-order valence-corrected chi connectivity index (χ0v) is 22.4. The van der Waals surface area contributed by atoms with E-state index < -0.39 is 0 Å². The molecule has 4 aromatic rings. The van der Waals surface area contributed by atoms with Crippen LogP contribution in [-0.4, -0.2) is 0 Å². The van der Waals surface area contributed by atoms with Crippen LogP contribution < -0.4 is 0 Å². The fourth-order valence-electron chi connectivity index (χ4n) is 2.85. The lowest BCUT2D eigenvalue weighted by Crippen LogP contribution is -1.85. The van der Waals surface area contributed by atoms with Crippen molar-refractivity contribution >= 4 is 0 Å². The Morgan fingerprint density at radius 2 is 0.471 bits per heavy atom. The van der Waals surface area contributed by atoms with Crippen LogP contribution in [0.4, 0.5) is 0 Å². The Hall–Kier alpha value is -3.12. The minimum atomic E-state index is 1.03. The Labute approximate surface area is 210 Å². The summed E-state index contributed by atoms with van der Waals surface area (Å²) in [6, 6.07) is 42.1. The van der Waals surface area contributed by atoms with Crippen LogP contribution in [0.3, 0.4) is 0 Å². The molecule has 0 heterocycles. The molecule has 34 heavy (non-hydrogen) atoms. The van der Waals surface area contributed by atoms with Crippen LogP contribution in [-0.2, 0) is 12.8 Å². The van der Waals surface area contributed by atoms with Gasteiger partial charge in [0.25, 0.3) is 0 Å². The molecule has 0 spiro atoms. The lowest BCUT2D eigenvalue weighted by molar-refractivity contribution is 1.09. The summed E-state index contributed by atoms with van der Waals surface area (Å²) < 4.78 is 0. The zero-order chi connectivity index (χ0) is 25.3. The van der Waals surface area contributed by atoms with Crippen molar-refractivity contribution in [2.45, 2.75) is 67.2 Å². The molecule has 0 nitrogen and oxygen atoms in total. The van der Waals surface area contributed by atoms with Gasteiger partial charge >= 0.3 is 0 Å². The normalized spacial score (nSPS) is 8.76. The van der Waals surface area contributed by atoms with Gasteiger partial charge in [0.2, 0.25) is 0 Å². The van der Waals surface area contributed by atoms with E-state index in [4.69, 9.17) is 0 Å². The summed E-state index contributed by atoms with van der Waals surface area (Å²) in [5.41, 5.74) is 5.48. The molecular formula is C34H46. The summed E-state index contributed by atoms with van der Waals surface area (Å²) in [6.45, 7) is 12.5. The SMILES string of the molecule is CC.CCC.CCC.c1ccc(Cc2ccccc2)cc1.c1ccc(Cc2ccccc2)cc1. The first kappa shape index (κ1) is 30.9. The third-order valence-corrected chi connectivity index (χ3v) is 4.19. The minimum Gasteiger partial charge on any atom is -0.0683 e. The molecular weight excluding hydrogens is 408 g/mol. The van der Waals surface area contributed by atoms with Crippen LogP contribution >= 0.6 is 0 Å². The van der Waals surface area contributed by atoms with Crippen molar-refractivity contribution in [1.82, 2.24) is 0 Å². The molecule has 0 aliphatic carbocycles. The molecule has 0 aliphatic heterocycles. The van der Waals surface area contributed by atoms with Crippen LogP contribution in [0.15, 0.2) is 121 Å². The van der Waals surface area contributed by atoms with E-state index in [-0.39, 0.29) is 0 Å². The number of hydrogen-bond acceptors (Lipinski definition) is 0. The molecule has 0 saturated carbocycles. The van der Waals surface area contributed by atoms with Crippen LogP contribution in [0.5, 0.6) is 0 Å². The Kier molecular flexibility index (Phi) is 20.9. The highest BCUT2D eigenvalue weighted by Crippen LogP contribution is 2.08. The molecule has 0 aromatic heterocycles. The Morgan fingerprint density at radius 1 is 0.324 bits per heavy atom. The number of hydrogen-bond donors (Lipinski definition) is 0. The van der Waals surface area contributed by atoms with E-state index in [2.05, 4.69) is 149 Å². The van der Waals surface area contributed by atoms with E-state index >= 15 is 0 Å². The van der Waals surface area contributed by atoms with Gasteiger partial charge in [0.05, 0.1) is 0 Å². The first-order chi connectivity index (χ1) is 16.7. The van der Waals surface area contributed by atoms with Crippen molar-refractivity contribution in [3.63, 3.8) is 0 Å². The highest BCUT2D eigenvalue weighted by Gasteiger charge is 1.93. The predicted octanol–water partition coefficient (Wildman–Crippen LogP) is 10.4. The molecule has 0 N–H and O–H groups in total.